The Morgan fingerprint density at radius 1 is 0.872 bits per heavy atom. The number of aromatic nitrogens is 3. The number of piperidine rings is 1. The zero-order valence-corrected chi connectivity index (χ0v) is 23.3. The minimum Gasteiger partial charge on any atom is -0.497 e. The summed E-state index contributed by atoms with van der Waals surface area (Å²) in [5.41, 5.74) is 7.24. The minimum atomic E-state index is 0.639. The maximum Gasteiger partial charge on any atom is 0.119 e. The van der Waals surface area contributed by atoms with Gasteiger partial charge in [0.25, 0.3) is 0 Å². The first-order valence-corrected chi connectivity index (χ1v) is 13.5. The summed E-state index contributed by atoms with van der Waals surface area (Å²) in [6.07, 6.45) is 4.27. The van der Waals surface area contributed by atoms with E-state index in [1.165, 1.54) is 5.69 Å². The number of anilines is 1. The number of ether oxygens (including phenoxy) is 2. The zero-order valence-electron chi connectivity index (χ0n) is 23.3. The Labute approximate surface area is 229 Å². The van der Waals surface area contributed by atoms with E-state index in [1.807, 2.05) is 36.5 Å². The third-order valence-electron chi connectivity index (χ3n) is 8.04. The van der Waals surface area contributed by atoms with Gasteiger partial charge in [0.15, 0.2) is 0 Å². The second kappa shape index (κ2) is 10.2. The van der Waals surface area contributed by atoms with Crippen molar-refractivity contribution in [2.45, 2.75) is 25.8 Å². The highest BCUT2D eigenvalue weighted by molar-refractivity contribution is 6.09. The lowest BCUT2D eigenvalue weighted by atomic mass is 10.0. The van der Waals surface area contributed by atoms with Crippen LogP contribution in [-0.4, -0.2) is 67.1 Å². The van der Waals surface area contributed by atoms with Crippen molar-refractivity contribution in [3.8, 4) is 28.4 Å². The minimum absolute atomic E-state index is 0.639. The smallest absolute Gasteiger partial charge is 0.119 e. The fourth-order valence-electron chi connectivity index (χ4n) is 5.71. The standard InChI is InChI=1S/C32H35N5O2/c1-21-9-10-24(36-15-13-23(14-16-36)35(2)3)18-30(21)37-32-27-19-26(39-5)11-12-29(27)33-20-28(32)31(34-37)22-7-6-8-25(17-22)38-4/h6-12,17-20,23H,13-16H2,1-5H3. The molecule has 7 nitrogen and oxygen atoms in total. The Kier molecular flexibility index (Phi) is 6.61. The van der Waals surface area contributed by atoms with Gasteiger partial charge in [0.2, 0.25) is 0 Å². The van der Waals surface area contributed by atoms with E-state index < -0.39 is 0 Å². The predicted octanol–water partition coefficient (Wildman–Crippen LogP) is 6.10. The van der Waals surface area contributed by atoms with Crippen LogP contribution >= 0.6 is 0 Å². The molecule has 0 spiro atoms. The molecule has 0 atom stereocenters. The third kappa shape index (κ3) is 4.57. The highest BCUT2D eigenvalue weighted by Gasteiger charge is 2.23. The summed E-state index contributed by atoms with van der Waals surface area (Å²) in [5.74, 6) is 1.59. The van der Waals surface area contributed by atoms with E-state index in [4.69, 9.17) is 19.6 Å². The molecule has 1 aliphatic rings. The number of rotatable bonds is 6. The summed E-state index contributed by atoms with van der Waals surface area (Å²) < 4.78 is 13.2. The summed E-state index contributed by atoms with van der Waals surface area (Å²) in [6, 6.07) is 21.5. The molecule has 0 bridgehead atoms. The molecule has 0 unspecified atom stereocenters. The summed E-state index contributed by atoms with van der Waals surface area (Å²) in [4.78, 5) is 9.65. The quantitative estimate of drug-likeness (QED) is 0.269. The monoisotopic (exact) mass is 521 g/mol. The van der Waals surface area contributed by atoms with Gasteiger partial charge in [0.05, 0.1) is 30.9 Å². The molecule has 1 aliphatic heterocycles. The van der Waals surface area contributed by atoms with Gasteiger partial charge in [-0.3, -0.25) is 4.98 Å². The van der Waals surface area contributed by atoms with E-state index in [9.17, 15) is 0 Å². The average Bonchev–Trinajstić information content (AvgIpc) is 3.37. The van der Waals surface area contributed by atoms with Crippen LogP contribution in [0.2, 0.25) is 0 Å². The number of nitrogens with zero attached hydrogens (tertiary/aromatic N) is 5. The molecule has 7 heteroatoms. The van der Waals surface area contributed by atoms with Crippen molar-refractivity contribution in [3.05, 3.63) is 72.4 Å². The number of hydrogen-bond donors (Lipinski definition) is 0. The Balaban J connectivity index is 1.55. The maximum absolute atomic E-state index is 5.60. The van der Waals surface area contributed by atoms with E-state index in [0.29, 0.717) is 6.04 Å². The van der Waals surface area contributed by atoms with Gasteiger partial charge < -0.3 is 19.3 Å². The van der Waals surface area contributed by atoms with Crippen molar-refractivity contribution in [2.24, 2.45) is 0 Å². The average molecular weight is 522 g/mol. The van der Waals surface area contributed by atoms with Crippen LogP contribution in [0.5, 0.6) is 11.5 Å². The van der Waals surface area contributed by atoms with Gasteiger partial charge in [-0.05, 0) is 81.9 Å². The molecule has 5 aromatic rings. The summed E-state index contributed by atoms with van der Waals surface area (Å²) >= 11 is 0. The van der Waals surface area contributed by atoms with Crippen molar-refractivity contribution < 1.29 is 9.47 Å². The lowest BCUT2D eigenvalue weighted by molar-refractivity contribution is 0.249. The van der Waals surface area contributed by atoms with Gasteiger partial charge in [0, 0.05) is 47.4 Å². The maximum atomic E-state index is 5.60. The second-order valence-corrected chi connectivity index (χ2v) is 10.5. The van der Waals surface area contributed by atoms with Crippen LogP contribution in [0.1, 0.15) is 18.4 Å². The summed E-state index contributed by atoms with van der Waals surface area (Å²) in [5, 5.41) is 7.24. The molecule has 2 aromatic heterocycles. The molecule has 1 fully saturated rings. The van der Waals surface area contributed by atoms with E-state index in [-0.39, 0.29) is 0 Å². The first kappa shape index (κ1) is 25.2. The van der Waals surface area contributed by atoms with Crippen molar-refractivity contribution in [1.29, 1.82) is 0 Å². The molecule has 0 N–H and O–H groups in total. The van der Waals surface area contributed by atoms with Gasteiger partial charge >= 0.3 is 0 Å². The number of benzene rings is 3. The summed E-state index contributed by atoms with van der Waals surface area (Å²) in [7, 11) is 7.75. The number of pyridine rings is 1. The molecule has 39 heavy (non-hydrogen) atoms. The molecule has 3 aromatic carbocycles. The van der Waals surface area contributed by atoms with Gasteiger partial charge in [-0.15, -0.1) is 0 Å². The zero-order chi connectivity index (χ0) is 27.1. The van der Waals surface area contributed by atoms with Crippen LogP contribution < -0.4 is 14.4 Å². The first-order valence-electron chi connectivity index (χ1n) is 13.5. The number of aryl methyl sites for hydroxylation is 1. The molecular formula is C32H35N5O2. The van der Waals surface area contributed by atoms with Crippen molar-refractivity contribution in [2.75, 3.05) is 46.3 Å². The van der Waals surface area contributed by atoms with Gasteiger partial charge in [-0.1, -0.05) is 18.2 Å². The SMILES string of the molecule is COc1cccc(-c2nn(-c3cc(N4CCC(N(C)C)CC4)ccc3C)c3c2cnc2ccc(OC)cc23)c1. The Bertz CT molecular complexity index is 1650. The lowest BCUT2D eigenvalue weighted by Crippen LogP contribution is -2.42. The third-order valence-corrected chi connectivity index (χ3v) is 8.04. The Morgan fingerprint density at radius 3 is 2.38 bits per heavy atom. The molecule has 0 amide bonds. The first-order chi connectivity index (χ1) is 19.0. The number of methoxy groups -OCH3 is 2. The van der Waals surface area contributed by atoms with Gasteiger partial charge in [-0.2, -0.15) is 5.10 Å². The number of hydrogen-bond acceptors (Lipinski definition) is 6. The van der Waals surface area contributed by atoms with E-state index in [2.05, 4.69) is 65.8 Å². The van der Waals surface area contributed by atoms with Crippen molar-refractivity contribution in [1.82, 2.24) is 19.7 Å². The van der Waals surface area contributed by atoms with Crippen LogP contribution in [0.4, 0.5) is 5.69 Å². The topological polar surface area (TPSA) is 55.7 Å². The van der Waals surface area contributed by atoms with Gasteiger partial charge in [-0.25, -0.2) is 4.68 Å². The van der Waals surface area contributed by atoms with Crippen molar-refractivity contribution >= 4 is 27.5 Å². The molecule has 0 radical (unpaired) electrons. The molecule has 0 aliphatic carbocycles. The Hall–Kier alpha value is -4.10. The van der Waals surface area contributed by atoms with E-state index in [0.717, 1.165) is 81.7 Å². The van der Waals surface area contributed by atoms with Crippen LogP contribution in [0, 0.1) is 6.92 Å². The fourth-order valence-corrected chi connectivity index (χ4v) is 5.71. The summed E-state index contributed by atoms with van der Waals surface area (Å²) in [6.45, 7) is 4.24. The molecule has 1 saturated heterocycles. The van der Waals surface area contributed by atoms with E-state index >= 15 is 0 Å². The fraction of sp³-hybridized carbons (Fsp3) is 0.312. The molecule has 3 heterocycles. The molecule has 0 saturated carbocycles. The molecule has 200 valence electrons. The molecular weight excluding hydrogens is 486 g/mol. The van der Waals surface area contributed by atoms with Crippen molar-refractivity contribution in [3.63, 3.8) is 0 Å². The van der Waals surface area contributed by atoms with Crippen LogP contribution in [0.25, 0.3) is 38.8 Å². The lowest BCUT2D eigenvalue weighted by Gasteiger charge is -2.36. The largest absolute Gasteiger partial charge is 0.497 e. The highest BCUT2D eigenvalue weighted by Crippen LogP contribution is 2.37. The normalized spacial score (nSPS) is 14.5. The van der Waals surface area contributed by atoms with Crippen LogP contribution in [0.15, 0.2) is 66.9 Å². The second-order valence-electron chi connectivity index (χ2n) is 10.5. The van der Waals surface area contributed by atoms with Gasteiger partial charge in [0.1, 0.15) is 17.2 Å². The predicted molar refractivity (Wildman–Crippen MR) is 159 cm³/mol. The van der Waals surface area contributed by atoms with Crippen LogP contribution in [-0.2, 0) is 0 Å². The molecule has 6 rings (SSSR count). The van der Waals surface area contributed by atoms with E-state index in [1.54, 1.807) is 14.2 Å². The highest BCUT2D eigenvalue weighted by atomic mass is 16.5. The van der Waals surface area contributed by atoms with Crippen LogP contribution in [0.3, 0.4) is 0 Å². The number of fused-ring (bicyclic) bond motifs is 3. The Morgan fingerprint density at radius 2 is 1.64 bits per heavy atom.